The largest absolute Gasteiger partial charge is 0.378 e. The standard InChI is InChI=1S/C12H21NSi/c1-13(2)12-8-6-7-11(9-12)10-14(3,4)5/h6-9H,10H2,1-5H3. The fourth-order valence-corrected chi connectivity index (χ4v) is 3.00. The topological polar surface area (TPSA) is 3.24 Å². The van der Waals surface area contributed by atoms with E-state index in [-0.39, 0.29) is 0 Å². The molecule has 0 fully saturated rings. The molecule has 0 bridgehead atoms. The molecule has 0 heterocycles. The van der Waals surface area contributed by atoms with Gasteiger partial charge in [0, 0.05) is 27.9 Å². The van der Waals surface area contributed by atoms with E-state index < -0.39 is 8.07 Å². The minimum Gasteiger partial charge on any atom is -0.378 e. The lowest BCUT2D eigenvalue weighted by Crippen LogP contribution is -2.24. The van der Waals surface area contributed by atoms with E-state index in [1.165, 1.54) is 17.3 Å². The first kappa shape index (κ1) is 11.3. The Morgan fingerprint density at radius 3 is 2.29 bits per heavy atom. The molecule has 0 spiro atoms. The summed E-state index contributed by atoms with van der Waals surface area (Å²) in [6.07, 6.45) is 0. The molecular weight excluding hydrogens is 186 g/mol. The summed E-state index contributed by atoms with van der Waals surface area (Å²) in [7, 11) is 3.21. The van der Waals surface area contributed by atoms with Crippen LogP contribution in [0.3, 0.4) is 0 Å². The van der Waals surface area contributed by atoms with E-state index in [0.717, 1.165) is 0 Å². The van der Waals surface area contributed by atoms with Crippen LogP contribution >= 0.6 is 0 Å². The van der Waals surface area contributed by atoms with Crippen LogP contribution in [0.4, 0.5) is 5.69 Å². The van der Waals surface area contributed by atoms with Crippen molar-refractivity contribution in [3.8, 4) is 0 Å². The lowest BCUT2D eigenvalue weighted by atomic mass is 10.2. The summed E-state index contributed by atoms with van der Waals surface area (Å²) in [5.74, 6) is 0. The van der Waals surface area contributed by atoms with Crippen molar-refractivity contribution in [3.05, 3.63) is 29.8 Å². The third kappa shape index (κ3) is 3.54. The summed E-state index contributed by atoms with van der Waals surface area (Å²) in [4.78, 5) is 2.16. The van der Waals surface area contributed by atoms with E-state index in [2.05, 4.69) is 62.9 Å². The van der Waals surface area contributed by atoms with Gasteiger partial charge in [-0.15, -0.1) is 0 Å². The van der Waals surface area contributed by atoms with Gasteiger partial charge < -0.3 is 4.90 Å². The average molecular weight is 207 g/mol. The number of hydrogen-bond donors (Lipinski definition) is 0. The monoisotopic (exact) mass is 207 g/mol. The highest BCUT2D eigenvalue weighted by Gasteiger charge is 2.13. The lowest BCUT2D eigenvalue weighted by Gasteiger charge is -2.18. The van der Waals surface area contributed by atoms with Gasteiger partial charge in [0.1, 0.15) is 0 Å². The summed E-state index contributed by atoms with van der Waals surface area (Å²) in [5, 5.41) is 0. The molecule has 0 radical (unpaired) electrons. The second-order valence-corrected chi connectivity index (χ2v) is 10.8. The molecule has 0 aliphatic carbocycles. The van der Waals surface area contributed by atoms with Crippen LogP contribution in [0, 0.1) is 0 Å². The quantitative estimate of drug-likeness (QED) is 0.688. The summed E-state index contributed by atoms with van der Waals surface area (Å²) >= 11 is 0. The molecule has 78 valence electrons. The molecule has 1 aromatic carbocycles. The molecule has 0 atom stereocenters. The molecular formula is C12H21NSi. The fraction of sp³-hybridized carbons (Fsp3) is 0.500. The smallest absolute Gasteiger partial charge is 0.0487 e. The molecule has 0 aliphatic rings. The van der Waals surface area contributed by atoms with Crippen LogP contribution in [0.2, 0.25) is 19.6 Å². The zero-order valence-corrected chi connectivity index (χ0v) is 11.0. The highest BCUT2D eigenvalue weighted by atomic mass is 28.3. The maximum Gasteiger partial charge on any atom is 0.0487 e. The normalized spacial score (nSPS) is 11.5. The molecule has 0 aromatic heterocycles. The third-order valence-corrected chi connectivity index (χ3v) is 3.63. The zero-order chi connectivity index (χ0) is 10.8. The predicted octanol–water partition coefficient (Wildman–Crippen LogP) is 3.17. The minimum absolute atomic E-state index is 0.974. The number of benzene rings is 1. The van der Waals surface area contributed by atoms with Crippen molar-refractivity contribution in [3.63, 3.8) is 0 Å². The van der Waals surface area contributed by atoms with Crippen molar-refractivity contribution in [1.82, 2.24) is 0 Å². The summed E-state index contributed by atoms with van der Waals surface area (Å²) in [5.41, 5.74) is 2.79. The van der Waals surface area contributed by atoms with Gasteiger partial charge >= 0.3 is 0 Å². The van der Waals surface area contributed by atoms with E-state index in [1.807, 2.05) is 0 Å². The van der Waals surface area contributed by atoms with Gasteiger partial charge in [-0.05, 0) is 23.7 Å². The van der Waals surface area contributed by atoms with Crippen LogP contribution in [-0.4, -0.2) is 22.2 Å². The molecule has 0 unspecified atom stereocenters. The van der Waals surface area contributed by atoms with Gasteiger partial charge in [-0.1, -0.05) is 31.8 Å². The number of hydrogen-bond acceptors (Lipinski definition) is 1. The van der Waals surface area contributed by atoms with Crippen LogP contribution in [0.1, 0.15) is 5.56 Å². The highest BCUT2D eigenvalue weighted by Crippen LogP contribution is 2.17. The van der Waals surface area contributed by atoms with Crippen LogP contribution in [0.15, 0.2) is 24.3 Å². The van der Waals surface area contributed by atoms with Crippen LogP contribution in [0.5, 0.6) is 0 Å². The second kappa shape index (κ2) is 4.18. The van der Waals surface area contributed by atoms with Crippen LogP contribution < -0.4 is 4.90 Å². The first-order valence-corrected chi connectivity index (χ1v) is 8.85. The zero-order valence-electron chi connectivity index (χ0n) is 9.96. The summed E-state index contributed by atoms with van der Waals surface area (Å²) in [6, 6.07) is 10.1. The Morgan fingerprint density at radius 2 is 1.79 bits per heavy atom. The maximum absolute atomic E-state index is 2.41. The van der Waals surface area contributed by atoms with Gasteiger partial charge in [-0.2, -0.15) is 0 Å². The molecule has 0 aliphatic heterocycles. The number of nitrogens with zero attached hydrogens (tertiary/aromatic N) is 1. The van der Waals surface area contributed by atoms with Crippen LogP contribution in [-0.2, 0) is 6.04 Å². The van der Waals surface area contributed by atoms with Gasteiger partial charge in [0.2, 0.25) is 0 Å². The second-order valence-electron chi connectivity index (χ2n) is 5.30. The van der Waals surface area contributed by atoms with Gasteiger partial charge in [-0.3, -0.25) is 0 Å². The molecule has 0 amide bonds. The molecule has 1 rings (SSSR count). The van der Waals surface area contributed by atoms with Crippen LogP contribution in [0.25, 0.3) is 0 Å². The van der Waals surface area contributed by atoms with Gasteiger partial charge in [0.25, 0.3) is 0 Å². The first-order valence-electron chi connectivity index (χ1n) is 5.15. The van der Waals surface area contributed by atoms with E-state index in [1.54, 1.807) is 0 Å². The van der Waals surface area contributed by atoms with Gasteiger partial charge in [0.05, 0.1) is 0 Å². The van der Waals surface area contributed by atoms with E-state index in [0.29, 0.717) is 0 Å². The van der Waals surface area contributed by atoms with Crippen molar-refractivity contribution < 1.29 is 0 Å². The van der Waals surface area contributed by atoms with E-state index >= 15 is 0 Å². The van der Waals surface area contributed by atoms with E-state index in [9.17, 15) is 0 Å². The Bertz CT molecular complexity index is 299. The van der Waals surface area contributed by atoms with Gasteiger partial charge in [0.15, 0.2) is 0 Å². The Kier molecular flexibility index (Phi) is 3.37. The number of rotatable bonds is 3. The van der Waals surface area contributed by atoms with Gasteiger partial charge in [-0.25, -0.2) is 0 Å². The Hall–Kier alpha value is -0.763. The van der Waals surface area contributed by atoms with Crippen molar-refractivity contribution in [1.29, 1.82) is 0 Å². The SMILES string of the molecule is CN(C)c1cccc(C[Si](C)(C)C)c1. The minimum atomic E-state index is -0.974. The average Bonchev–Trinajstić information content (AvgIpc) is 2.01. The van der Waals surface area contributed by atoms with E-state index in [4.69, 9.17) is 0 Å². The Labute approximate surface area is 88.8 Å². The molecule has 2 heteroatoms. The third-order valence-electron chi connectivity index (χ3n) is 2.16. The maximum atomic E-state index is 2.41. The molecule has 0 N–H and O–H groups in total. The van der Waals surface area contributed by atoms with Crippen molar-refractivity contribution in [2.45, 2.75) is 25.7 Å². The molecule has 0 saturated carbocycles. The molecule has 1 aromatic rings. The molecule has 14 heavy (non-hydrogen) atoms. The Morgan fingerprint density at radius 1 is 1.14 bits per heavy atom. The first-order chi connectivity index (χ1) is 6.38. The molecule has 0 saturated heterocycles. The van der Waals surface area contributed by atoms with Crippen molar-refractivity contribution in [2.24, 2.45) is 0 Å². The summed E-state index contributed by atoms with van der Waals surface area (Å²) in [6.45, 7) is 7.24. The predicted molar refractivity (Wildman–Crippen MR) is 67.8 cm³/mol. The highest BCUT2D eigenvalue weighted by molar-refractivity contribution is 6.75. The van der Waals surface area contributed by atoms with Crippen molar-refractivity contribution >= 4 is 13.8 Å². The summed E-state index contributed by atoms with van der Waals surface area (Å²) < 4.78 is 0. The Balaban J connectivity index is 2.84. The number of anilines is 1. The van der Waals surface area contributed by atoms with Crippen molar-refractivity contribution in [2.75, 3.05) is 19.0 Å². The molecule has 1 nitrogen and oxygen atoms in total. The fourth-order valence-electron chi connectivity index (χ4n) is 1.56. The lowest BCUT2D eigenvalue weighted by molar-refractivity contribution is 1.12.